The Morgan fingerprint density at radius 1 is 1.31 bits per heavy atom. The predicted octanol–water partition coefficient (Wildman–Crippen LogP) is 6.41. The van der Waals surface area contributed by atoms with Crippen molar-refractivity contribution in [3.05, 3.63) is 20.3 Å². The van der Waals surface area contributed by atoms with Gasteiger partial charge in [0.1, 0.15) is 0 Å². The molecule has 0 aliphatic carbocycles. The topological polar surface area (TPSA) is 0 Å². The first-order valence-corrected chi connectivity index (χ1v) is 7.31. The molecule has 0 bridgehead atoms. The molecule has 0 N–H and O–H groups in total. The zero-order valence-corrected chi connectivity index (χ0v) is 13.1. The summed E-state index contributed by atoms with van der Waals surface area (Å²) in [6.07, 6.45) is 0.915. The number of rotatable bonds is 3. The summed E-state index contributed by atoms with van der Waals surface area (Å²) in [5, 5.41) is -0.0505. The molecule has 2 unspecified atom stereocenters. The van der Waals surface area contributed by atoms with Crippen molar-refractivity contribution in [1.82, 2.24) is 0 Å². The molecule has 0 fully saturated rings. The number of halogens is 3. The molecule has 0 aromatic carbocycles. The molecule has 0 aliphatic rings. The van der Waals surface area contributed by atoms with Gasteiger partial charge in [-0.25, -0.2) is 0 Å². The monoisotopic (exact) mass is 298 g/mol. The molecule has 1 aromatic rings. The molecule has 0 nitrogen and oxygen atoms in total. The van der Waals surface area contributed by atoms with E-state index in [0.717, 1.165) is 12.0 Å². The molecular formula is C12H17Cl3S. The van der Waals surface area contributed by atoms with Crippen molar-refractivity contribution in [2.24, 2.45) is 11.3 Å². The molecule has 92 valence electrons. The van der Waals surface area contributed by atoms with Crippen molar-refractivity contribution in [2.45, 2.75) is 39.5 Å². The SMILES string of the molecule is CC(CC(Cl)c1cc(Cl)sc1Cl)C(C)(C)C. The van der Waals surface area contributed by atoms with Crippen molar-refractivity contribution in [2.75, 3.05) is 0 Å². The minimum absolute atomic E-state index is 0.0505. The van der Waals surface area contributed by atoms with Gasteiger partial charge in [0.2, 0.25) is 0 Å². The highest BCUT2D eigenvalue weighted by Crippen LogP contribution is 2.42. The quantitative estimate of drug-likeness (QED) is 0.566. The van der Waals surface area contributed by atoms with E-state index in [9.17, 15) is 0 Å². The van der Waals surface area contributed by atoms with Crippen LogP contribution >= 0.6 is 46.1 Å². The first-order valence-electron chi connectivity index (χ1n) is 5.30. The van der Waals surface area contributed by atoms with Crippen molar-refractivity contribution in [3.63, 3.8) is 0 Å². The van der Waals surface area contributed by atoms with Crippen LogP contribution in [0.4, 0.5) is 0 Å². The Kier molecular flexibility index (Phi) is 5.01. The van der Waals surface area contributed by atoms with Gasteiger partial charge >= 0.3 is 0 Å². The van der Waals surface area contributed by atoms with Gasteiger partial charge in [-0.05, 0) is 23.8 Å². The minimum Gasteiger partial charge on any atom is -0.118 e. The van der Waals surface area contributed by atoms with Gasteiger partial charge in [0, 0.05) is 5.56 Å². The number of thiophene rings is 1. The van der Waals surface area contributed by atoms with E-state index < -0.39 is 0 Å². The number of hydrogen-bond donors (Lipinski definition) is 0. The average Bonchev–Trinajstić information content (AvgIpc) is 2.43. The van der Waals surface area contributed by atoms with Crippen molar-refractivity contribution >= 4 is 46.1 Å². The maximum atomic E-state index is 6.39. The van der Waals surface area contributed by atoms with E-state index in [-0.39, 0.29) is 10.8 Å². The molecule has 0 amide bonds. The summed E-state index contributed by atoms with van der Waals surface area (Å²) in [6.45, 7) is 8.90. The lowest BCUT2D eigenvalue weighted by molar-refractivity contribution is 0.245. The maximum absolute atomic E-state index is 6.39. The minimum atomic E-state index is -0.0505. The van der Waals surface area contributed by atoms with E-state index >= 15 is 0 Å². The molecule has 1 rings (SSSR count). The van der Waals surface area contributed by atoms with Gasteiger partial charge in [0.15, 0.2) is 0 Å². The van der Waals surface area contributed by atoms with E-state index in [0.29, 0.717) is 14.6 Å². The smallest absolute Gasteiger partial charge is 0.0991 e. The Hall–Kier alpha value is 0.570. The third-order valence-corrected chi connectivity index (χ3v) is 4.99. The van der Waals surface area contributed by atoms with Gasteiger partial charge < -0.3 is 0 Å². The van der Waals surface area contributed by atoms with Crippen LogP contribution in [0, 0.1) is 11.3 Å². The van der Waals surface area contributed by atoms with Crippen LogP contribution in [-0.2, 0) is 0 Å². The third kappa shape index (κ3) is 3.80. The first-order chi connectivity index (χ1) is 7.21. The fourth-order valence-electron chi connectivity index (χ4n) is 1.36. The highest BCUT2D eigenvalue weighted by molar-refractivity contribution is 7.20. The van der Waals surface area contributed by atoms with Crippen LogP contribution in [0.5, 0.6) is 0 Å². The third-order valence-electron chi connectivity index (χ3n) is 3.06. The normalized spacial score (nSPS) is 16.2. The lowest BCUT2D eigenvalue weighted by atomic mass is 9.79. The highest BCUT2D eigenvalue weighted by atomic mass is 35.5. The molecule has 4 heteroatoms. The van der Waals surface area contributed by atoms with E-state index in [1.165, 1.54) is 11.3 Å². The number of alkyl halides is 1. The summed E-state index contributed by atoms with van der Waals surface area (Å²) < 4.78 is 1.42. The van der Waals surface area contributed by atoms with Gasteiger partial charge in [0.05, 0.1) is 14.0 Å². The Balaban J connectivity index is 2.73. The summed E-state index contributed by atoms with van der Waals surface area (Å²) in [7, 11) is 0. The molecule has 1 aromatic heterocycles. The predicted molar refractivity (Wildman–Crippen MR) is 76.2 cm³/mol. The first kappa shape index (κ1) is 14.6. The molecule has 0 aliphatic heterocycles. The van der Waals surface area contributed by atoms with E-state index in [2.05, 4.69) is 27.7 Å². The molecule has 0 saturated heterocycles. The second-order valence-corrected chi connectivity index (χ2v) is 8.06. The second kappa shape index (κ2) is 5.48. The van der Waals surface area contributed by atoms with Crippen LogP contribution in [-0.4, -0.2) is 0 Å². The Bertz CT molecular complexity index is 352. The summed E-state index contributed by atoms with van der Waals surface area (Å²) >= 11 is 19.8. The van der Waals surface area contributed by atoms with Crippen LogP contribution in [0.25, 0.3) is 0 Å². The largest absolute Gasteiger partial charge is 0.118 e. The van der Waals surface area contributed by atoms with Gasteiger partial charge in [-0.1, -0.05) is 50.9 Å². The Morgan fingerprint density at radius 2 is 1.88 bits per heavy atom. The van der Waals surface area contributed by atoms with Crippen molar-refractivity contribution < 1.29 is 0 Å². The summed E-state index contributed by atoms with van der Waals surface area (Å²) in [4.78, 5) is 0. The molecular weight excluding hydrogens is 283 g/mol. The van der Waals surface area contributed by atoms with E-state index in [1.807, 2.05) is 6.07 Å². The second-order valence-electron chi connectivity index (χ2n) is 5.25. The summed E-state index contributed by atoms with van der Waals surface area (Å²) in [5.41, 5.74) is 1.23. The highest BCUT2D eigenvalue weighted by Gasteiger charge is 2.25. The van der Waals surface area contributed by atoms with E-state index in [1.54, 1.807) is 0 Å². The van der Waals surface area contributed by atoms with Crippen LogP contribution in [0.3, 0.4) is 0 Å². The maximum Gasteiger partial charge on any atom is 0.0991 e. The van der Waals surface area contributed by atoms with Crippen LogP contribution in [0.2, 0.25) is 8.67 Å². The summed E-state index contributed by atoms with van der Waals surface area (Å²) in [5.74, 6) is 0.532. The molecule has 2 atom stereocenters. The molecule has 0 spiro atoms. The zero-order chi connectivity index (χ0) is 12.5. The van der Waals surface area contributed by atoms with Gasteiger partial charge in [0.25, 0.3) is 0 Å². The molecule has 0 radical (unpaired) electrons. The van der Waals surface area contributed by atoms with E-state index in [4.69, 9.17) is 34.8 Å². The lowest BCUT2D eigenvalue weighted by Crippen LogP contribution is -2.18. The van der Waals surface area contributed by atoms with Crippen molar-refractivity contribution in [1.29, 1.82) is 0 Å². The molecule has 1 heterocycles. The van der Waals surface area contributed by atoms with Gasteiger partial charge in [-0.15, -0.1) is 22.9 Å². The van der Waals surface area contributed by atoms with Crippen LogP contribution < -0.4 is 0 Å². The standard InChI is InChI=1S/C12H17Cl3S/c1-7(12(2,3)4)5-9(13)8-6-10(14)16-11(8)15/h6-7,9H,5H2,1-4H3. The summed E-state index contributed by atoms with van der Waals surface area (Å²) in [6, 6.07) is 1.88. The fourth-order valence-corrected chi connectivity index (χ4v) is 3.50. The molecule has 0 saturated carbocycles. The molecule has 16 heavy (non-hydrogen) atoms. The van der Waals surface area contributed by atoms with Gasteiger partial charge in [-0.3, -0.25) is 0 Å². The van der Waals surface area contributed by atoms with Crippen LogP contribution in [0.1, 0.15) is 45.1 Å². The zero-order valence-electron chi connectivity index (χ0n) is 9.98. The van der Waals surface area contributed by atoms with Gasteiger partial charge in [-0.2, -0.15) is 0 Å². The Morgan fingerprint density at radius 3 is 2.25 bits per heavy atom. The lowest BCUT2D eigenvalue weighted by Gasteiger charge is -2.28. The van der Waals surface area contributed by atoms with Crippen LogP contribution in [0.15, 0.2) is 6.07 Å². The number of hydrogen-bond acceptors (Lipinski definition) is 1. The average molecular weight is 300 g/mol. The Labute approximate surface area is 117 Å². The fraction of sp³-hybridized carbons (Fsp3) is 0.667. The van der Waals surface area contributed by atoms with Crippen molar-refractivity contribution in [3.8, 4) is 0 Å².